The van der Waals surface area contributed by atoms with E-state index in [4.69, 9.17) is 0 Å². The molecule has 2 aromatic carbocycles. The van der Waals surface area contributed by atoms with Gasteiger partial charge < -0.3 is 10.4 Å². The molecule has 2 rings (SSSR count). The predicted molar refractivity (Wildman–Crippen MR) is 66.2 cm³/mol. The van der Waals surface area contributed by atoms with Gasteiger partial charge in [-0.2, -0.15) is 0 Å². The number of anilines is 1. The van der Waals surface area contributed by atoms with E-state index in [1.54, 1.807) is 0 Å². The minimum atomic E-state index is -0.912. The van der Waals surface area contributed by atoms with Crippen molar-refractivity contribution < 1.29 is 18.3 Å². The van der Waals surface area contributed by atoms with Gasteiger partial charge in [-0.15, -0.1) is 0 Å². The summed E-state index contributed by atoms with van der Waals surface area (Å²) in [7, 11) is 0. The SMILES string of the molecule is OC(CNc1ccc(F)cc1F)c1ccc(F)cc1. The van der Waals surface area contributed by atoms with E-state index in [2.05, 4.69) is 5.32 Å². The van der Waals surface area contributed by atoms with Gasteiger partial charge in [-0.3, -0.25) is 0 Å². The van der Waals surface area contributed by atoms with Crippen molar-refractivity contribution in [2.75, 3.05) is 11.9 Å². The predicted octanol–water partition coefficient (Wildman–Crippen LogP) is 3.25. The van der Waals surface area contributed by atoms with Gasteiger partial charge in [0.1, 0.15) is 17.5 Å². The van der Waals surface area contributed by atoms with E-state index >= 15 is 0 Å². The van der Waals surface area contributed by atoms with Crippen LogP contribution in [0, 0.1) is 17.5 Å². The molecule has 0 aliphatic heterocycles. The van der Waals surface area contributed by atoms with Gasteiger partial charge in [0, 0.05) is 12.6 Å². The molecule has 5 heteroatoms. The first-order valence-electron chi connectivity index (χ1n) is 5.69. The van der Waals surface area contributed by atoms with Gasteiger partial charge in [0.2, 0.25) is 0 Å². The largest absolute Gasteiger partial charge is 0.387 e. The van der Waals surface area contributed by atoms with E-state index in [-0.39, 0.29) is 12.2 Å². The third kappa shape index (κ3) is 3.48. The first kappa shape index (κ1) is 13.4. The lowest BCUT2D eigenvalue weighted by molar-refractivity contribution is 0.191. The smallest absolute Gasteiger partial charge is 0.149 e. The average Bonchev–Trinajstić information content (AvgIpc) is 2.38. The number of rotatable bonds is 4. The second-order valence-electron chi connectivity index (χ2n) is 4.07. The molecule has 0 fully saturated rings. The molecule has 0 heterocycles. The molecule has 0 spiro atoms. The Hall–Kier alpha value is -2.01. The van der Waals surface area contributed by atoms with Gasteiger partial charge in [0.15, 0.2) is 0 Å². The summed E-state index contributed by atoms with van der Waals surface area (Å²) < 4.78 is 38.7. The Balaban J connectivity index is 2.00. The Morgan fingerprint density at radius 3 is 2.21 bits per heavy atom. The van der Waals surface area contributed by atoms with E-state index in [0.717, 1.165) is 12.1 Å². The summed E-state index contributed by atoms with van der Waals surface area (Å²) >= 11 is 0. The van der Waals surface area contributed by atoms with Crippen LogP contribution in [0.1, 0.15) is 11.7 Å². The van der Waals surface area contributed by atoms with Crippen LogP contribution in [0.5, 0.6) is 0 Å². The minimum Gasteiger partial charge on any atom is -0.387 e. The molecule has 2 nitrogen and oxygen atoms in total. The second kappa shape index (κ2) is 5.75. The maximum absolute atomic E-state index is 13.3. The Morgan fingerprint density at radius 2 is 1.58 bits per heavy atom. The maximum Gasteiger partial charge on any atom is 0.149 e. The van der Waals surface area contributed by atoms with Crippen LogP contribution in [-0.2, 0) is 0 Å². The summed E-state index contributed by atoms with van der Waals surface area (Å²) in [4.78, 5) is 0. The van der Waals surface area contributed by atoms with Crippen molar-refractivity contribution >= 4 is 5.69 Å². The van der Waals surface area contributed by atoms with Gasteiger partial charge in [-0.25, -0.2) is 13.2 Å². The van der Waals surface area contributed by atoms with Crippen molar-refractivity contribution in [2.24, 2.45) is 0 Å². The number of benzene rings is 2. The van der Waals surface area contributed by atoms with Crippen molar-refractivity contribution in [1.29, 1.82) is 0 Å². The molecule has 0 saturated carbocycles. The van der Waals surface area contributed by atoms with Crippen LogP contribution in [0.4, 0.5) is 18.9 Å². The average molecular weight is 267 g/mol. The fourth-order valence-corrected chi connectivity index (χ4v) is 1.64. The fraction of sp³-hybridized carbons (Fsp3) is 0.143. The number of hydrogen-bond donors (Lipinski definition) is 2. The molecule has 2 aromatic rings. The third-order valence-electron chi connectivity index (χ3n) is 2.67. The molecule has 0 amide bonds. The lowest BCUT2D eigenvalue weighted by atomic mass is 10.1. The topological polar surface area (TPSA) is 32.3 Å². The Bertz CT molecular complexity index is 557. The Kier molecular flexibility index (Phi) is 4.06. The normalized spacial score (nSPS) is 12.2. The van der Waals surface area contributed by atoms with E-state index in [9.17, 15) is 18.3 Å². The molecule has 19 heavy (non-hydrogen) atoms. The zero-order chi connectivity index (χ0) is 13.8. The molecule has 0 aromatic heterocycles. The summed E-state index contributed by atoms with van der Waals surface area (Å²) in [6.07, 6.45) is -0.912. The highest BCUT2D eigenvalue weighted by Crippen LogP contribution is 2.18. The molecule has 1 atom stereocenters. The Labute approximate surface area is 108 Å². The number of hydrogen-bond acceptors (Lipinski definition) is 2. The first-order chi connectivity index (χ1) is 9.06. The van der Waals surface area contributed by atoms with Crippen molar-refractivity contribution in [2.45, 2.75) is 6.10 Å². The number of aliphatic hydroxyl groups excluding tert-OH is 1. The monoisotopic (exact) mass is 267 g/mol. The van der Waals surface area contributed by atoms with Gasteiger partial charge in [-0.1, -0.05) is 12.1 Å². The summed E-state index contributed by atoms with van der Waals surface area (Å²) in [6.45, 7) is 0.0359. The minimum absolute atomic E-state index is 0.0359. The summed E-state index contributed by atoms with van der Waals surface area (Å²) in [5.41, 5.74) is 0.610. The van der Waals surface area contributed by atoms with Gasteiger partial charge >= 0.3 is 0 Å². The summed E-state index contributed by atoms with van der Waals surface area (Å²) in [5, 5.41) is 12.5. The molecule has 2 N–H and O–H groups in total. The molecule has 0 bridgehead atoms. The molecule has 0 radical (unpaired) electrons. The Morgan fingerprint density at radius 1 is 0.947 bits per heavy atom. The molecule has 0 aliphatic rings. The fourth-order valence-electron chi connectivity index (χ4n) is 1.64. The van der Waals surface area contributed by atoms with Crippen molar-refractivity contribution in [3.8, 4) is 0 Å². The highest BCUT2D eigenvalue weighted by atomic mass is 19.1. The molecule has 0 aliphatic carbocycles. The van der Waals surface area contributed by atoms with Crippen LogP contribution >= 0.6 is 0 Å². The highest BCUT2D eigenvalue weighted by molar-refractivity contribution is 5.45. The van der Waals surface area contributed by atoms with Crippen LogP contribution in [0.25, 0.3) is 0 Å². The van der Waals surface area contributed by atoms with E-state index in [1.807, 2.05) is 0 Å². The van der Waals surface area contributed by atoms with Gasteiger partial charge in [0.05, 0.1) is 11.8 Å². The molecule has 100 valence electrons. The third-order valence-corrected chi connectivity index (χ3v) is 2.67. The van der Waals surface area contributed by atoms with Gasteiger partial charge in [0.25, 0.3) is 0 Å². The quantitative estimate of drug-likeness (QED) is 0.891. The van der Waals surface area contributed by atoms with E-state index < -0.39 is 23.6 Å². The van der Waals surface area contributed by atoms with Crippen LogP contribution in [-0.4, -0.2) is 11.7 Å². The molecule has 0 saturated heterocycles. The standard InChI is InChI=1S/C14H12F3NO/c15-10-3-1-9(2-4-10)14(19)8-18-13-6-5-11(16)7-12(13)17/h1-7,14,18-19H,8H2. The van der Waals surface area contributed by atoms with Crippen LogP contribution in [0.15, 0.2) is 42.5 Å². The first-order valence-corrected chi connectivity index (χ1v) is 5.69. The zero-order valence-corrected chi connectivity index (χ0v) is 9.91. The van der Waals surface area contributed by atoms with Crippen LogP contribution in [0.2, 0.25) is 0 Å². The van der Waals surface area contributed by atoms with Crippen molar-refractivity contribution in [3.05, 3.63) is 65.5 Å². The lowest BCUT2D eigenvalue weighted by Crippen LogP contribution is -2.13. The maximum atomic E-state index is 13.3. The second-order valence-corrected chi connectivity index (χ2v) is 4.07. The highest BCUT2D eigenvalue weighted by Gasteiger charge is 2.09. The van der Waals surface area contributed by atoms with E-state index in [1.165, 1.54) is 30.3 Å². The lowest BCUT2D eigenvalue weighted by Gasteiger charge is -2.13. The number of aliphatic hydroxyl groups is 1. The van der Waals surface area contributed by atoms with Gasteiger partial charge in [-0.05, 0) is 29.8 Å². The molecular weight excluding hydrogens is 255 g/mol. The van der Waals surface area contributed by atoms with Crippen molar-refractivity contribution in [1.82, 2.24) is 0 Å². The molecular formula is C14H12F3NO. The molecule has 1 unspecified atom stereocenters. The number of halogens is 3. The van der Waals surface area contributed by atoms with E-state index in [0.29, 0.717) is 5.56 Å². The summed E-state index contributed by atoms with van der Waals surface area (Å²) in [6, 6.07) is 8.49. The summed E-state index contributed by atoms with van der Waals surface area (Å²) in [5.74, 6) is -1.79. The zero-order valence-electron chi connectivity index (χ0n) is 9.91. The van der Waals surface area contributed by atoms with Crippen molar-refractivity contribution in [3.63, 3.8) is 0 Å². The number of nitrogens with one attached hydrogen (secondary N) is 1. The van der Waals surface area contributed by atoms with Crippen LogP contribution < -0.4 is 5.32 Å². The van der Waals surface area contributed by atoms with Crippen LogP contribution in [0.3, 0.4) is 0 Å².